The molecule has 0 aliphatic carbocycles. The summed E-state index contributed by atoms with van der Waals surface area (Å²) in [5, 5.41) is 10.5. The largest absolute Gasteiger partial charge is 0.475 e. The molecule has 0 saturated carbocycles. The summed E-state index contributed by atoms with van der Waals surface area (Å²) in [7, 11) is 0. The number of carboxylic acid groups (broad SMARTS) is 1. The van der Waals surface area contributed by atoms with Gasteiger partial charge in [0.25, 0.3) is 0 Å². The molecule has 2 aromatic carbocycles. The third-order valence-corrected chi connectivity index (χ3v) is 5.56. The van der Waals surface area contributed by atoms with E-state index in [-0.39, 0.29) is 11.3 Å². The van der Waals surface area contributed by atoms with Crippen LogP contribution < -0.4 is 0 Å². The molecule has 1 atom stereocenters. The summed E-state index contributed by atoms with van der Waals surface area (Å²) in [6, 6.07) is 18.1. The molecule has 1 fully saturated rings. The van der Waals surface area contributed by atoms with Crippen molar-refractivity contribution in [3.63, 3.8) is 0 Å². The molecule has 0 bridgehead atoms. The standard InChI is InChI=1S/C22H23NO3/c1-22(2)12-16(15-8-4-3-5-9-15)13-23(22)14-18-17-10-6-7-11-19(17)26-20(18)21(24)25/h3-11,16H,12-14H2,1-2H3,(H,24,25)/t16-/m0/s1. The predicted molar refractivity (Wildman–Crippen MR) is 101 cm³/mol. The number of rotatable bonds is 4. The van der Waals surface area contributed by atoms with E-state index in [9.17, 15) is 9.90 Å². The van der Waals surface area contributed by atoms with E-state index in [4.69, 9.17) is 4.42 Å². The number of likely N-dealkylation sites (tertiary alicyclic amines) is 1. The van der Waals surface area contributed by atoms with E-state index in [0.717, 1.165) is 23.9 Å². The van der Waals surface area contributed by atoms with E-state index in [1.165, 1.54) is 5.56 Å². The zero-order chi connectivity index (χ0) is 18.3. The normalized spacial score (nSPS) is 19.8. The van der Waals surface area contributed by atoms with Crippen molar-refractivity contribution in [1.29, 1.82) is 0 Å². The predicted octanol–water partition coefficient (Wildman–Crippen LogP) is 4.90. The quantitative estimate of drug-likeness (QED) is 0.728. The van der Waals surface area contributed by atoms with Crippen LogP contribution in [-0.4, -0.2) is 28.1 Å². The molecule has 0 radical (unpaired) electrons. The Labute approximate surface area is 153 Å². The molecule has 134 valence electrons. The highest BCUT2D eigenvalue weighted by Crippen LogP contribution is 2.40. The van der Waals surface area contributed by atoms with Crippen molar-refractivity contribution in [2.24, 2.45) is 0 Å². The van der Waals surface area contributed by atoms with Crippen LogP contribution in [0.1, 0.15) is 47.9 Å². The van der Waals surface area contributed by atoms with E-state index in [0.29, 0.717) is 18.0 Å². The van der Waals surface area contributed by atoms with Crippen molar-refractivity contribution >= 4 is 16.9 Å². The van der Waals surface area contributed by atoms with E-state index in [1.807, 2.05) is 30.3 Å². The second-order valence-corrected chi connectivity index (χ2v) is 7.72. The Bertz CT molecular complexity index is 942. The maximum atomic E-state index is 11.7. The van der Waals surface area contributed by atoms with Crippen LogP contribution in [0.5, 0.6) is 0 Å². The number of carboxylic acids is 1. The fourth-order valence-corrected chi connectivity index (χ4v) is 4.16. The zero-order valence-corrected chi connectivity index (χ0v) is 15.1. The average Bonchev–Trinajstić information content (AvgIpc) is 3.14. The third kappa shape index (κ3) is 2.90. The highest BCUT2D eigenvalue weighted by Gasteiger charge is 2.39. The Hall–Kier alpha value is -2.59. The van der Waals surface area contributed by atoms with Crippen LogP contribution in [-0.2, 0) is 6.54 Å². The first kappa shape index (κ1) is 16.9. The highest BCUT2D eigenvalue weighted by atomic mass is 16.4. The SMILES string of the molecule is CC1(C)C[C@H](c2ccccc2)CN1Cc1c(C(=O)O)oc2ccccc12. The number of nitrogens with zero attached hydrogens (tertiary/aromatic N) is 1. The summed E-state index contributed by atoms with van der Waals surface area (Å²) in [5.74, 6) is -0.490. The number of furan rings is 1. The number of benzene rings is 2. The topological polar surface area (TPSA) is 53.7 Å². The van der Waals surface area contributed by atoms with Gasteiger partial charge in [-0.1, -0.05) is 48.5 Å². The van der Waals surface area contributed by atoms with E-state index >= 15 is 0 Å². The monoisotopic (exact) mass is 349 g/mol. The van der Waals surface area contributed by atoms with Crippen LogP contribution in [0.4, 0.5) is 0 Å². The number of hydrogen-bond donors (Lipinski definition) is 1. The van der Waals surface area contributed by atoms with Crippen molar-refractivity contribution in [3.8, 4) is 0 Å². The average molecular weight is 349 g/mol. The molecule has 4 nitrogen and oxygen atoms in total. The lowest BCUT2D eigenvalue weighted by atomic mass is 9.91. The van der Waals surface area contributed by atoms with Crippen LogP contribution in [0.2, 0.25) is 0 Å². The van der Waals surface area contributed by atoms with Gasteiger partial charge in [-0.2, -0.15) is 0 Å². The Kier molecular flexibility index (Phi) is 4.08. The van der Waals surface area contributed by atoms with Gasteiger partial charge in [0.05, 0.1) is 0 Å². The van der Waals surface area contributed by atoms with Crippen molar-refractivity contribution < 1.29 is 14.3 Å². The summed E-state index contributed by atoms with van der Waals surface area (Å²) in [6.45, 7) is 5.96. The molecule has 2 heterocycles. The first-order valence-corrected chi connectivity index (χ1v) is 8.99. The molecule has 0 spiro atoms. The third-order valence-electron chi connectivity index (χ3n) is 5.56. The van der Waals surface area contributed by atoms with Gasteiger partial charge in [0.15, 0.2) is 0 Å². The summed E-state index contributed by atoms with van der Waals surface area (Å²) in [5.41, 5.74) is 2.75. The molecule has 1 N–H and O–H groups in total. The number of para-hydroxylation sites is 1. The smallest absolute Gasteiger partial charge is 0.372 e. The maximum absolute atomic E-state index is 11.7. The molecule has 3 aromatic rings. The molecule has 1 aliphatic rings. The molecule has 1 aromatic heterocycles. The minimum atomic E-state index is -1.01. The van der Waals surface area contributed by atoms with Crippen LogP contribution in [0, 0.1) is 0 Å². The van der Waals surface area contributed by atoms with Crippen molar-refractivity contribution in [2.75, 3.05) is 6.54 Å². The van der Waals surface area contributed by atoms with Gasteiger partial charge in [0.2, 0.25) is 5.76 Å². The van der Waals surface area contributed by atoms with Gasteiger partial charge in [-0.05, 0) is 37.8 Å². The lowest BCUT2D eigenvalue weighted by molar-refractivity contribution is 0.0659. The van der Waals surface area contributed by atoms with E-state index in [2.05, 4.69) is 43.0 Å². The summed E-state index contributed by atoms with van der Waals surface area (Å²) >= 11 is 0. The van der Waals surface area contributed by atoms with Crippen molar-refractivity contribution in [1.82, 2.24) is 4.90 Å². The van der Waals surface area contributed by atoms with Gasteiger partial charge in [-0.3, -0.25) is 4.90 Å². The number of fused-ring (bicyclic) bond motifs is 1. The Morgan fingerprint density at radius 3 is 2.58 bits per heavy atom. The van der Waals surface area contributed by atoms with Gasteiger partial charge >= 0.3 is 5.97 Å². The number of carbonyl (C=O) groups is 1. The highest BCUT2D eigenvalue weighted by molar-refractivity contribution is 5.95. The molecule has 0 amide bonds. The van der Waals surface area contributed by atoms with E-state index in [1.54, 1.807) is 0 Å². The van der Waals surface area contributed by atoms with Gasteiger partial charge in [0, 0.05) is 29.6 Å². The fraction of sp³-hybridized carbons (Fsp3) is 0.318. The molecule has 1 aliphatic heterocycles. The molecule has 4 heteroatoms. The van der Waals surface area contributed by atoms with Gasteiger partial charge < -0.3 is 9.52 Å². The fourth-order valence-electron chi connectivity index (χ4n) is 4.16. The van der Waals surface area contributed by atoms with Crippen LogP contribution in [0.15, 0.2) is 59.0 Å². The van der Waals surface area contributed by atoms with Crippen molar-refractivity contribution in [2.45, 2.75) is 38.3 Å². The van der Waals surface area contributed by atoms with Gasteiger partial charge in [0.1, 0.15) is 5.58 Å². The number of aromatic carboxylic acids is 1. The minimum Gasteiger partial charge on any atom is -0.475 e. The molecular weight excluding hydrogens is 326 g/mol. The van der Waals surface area contributed by atoms with Crippen LogP contribution in [0.3, 0.4) is 0 Å². The molecule has 0 unspecified atom stereocenters. The van der Waals surface area contributed by atoms with E-state index < -0.39 is 5.97 Å². The van der Waals surface area contributed by atoms with Gasteiger partial charge in [-0.15, -0.1) is 0 Å². The molecule has 1 saturated heterocycles. The zero-order valence-electron chi connectivity index (χ0n) is 15.1. The molecule has 26 heavy (non-hydrogen) atoms. The molecular formula is C22H23NO3. The second kappa shape index (κ2) is 6.29. The Balaban J connectivity index is 1.68. The Morgan fingerprint density at radius 1 is 1.15 bits per heavy atom. The first-order valence-electron chi connectivity index (χ1n) is 8.99. The summed E-state index contributed by atoms with van der Waals surface area (Å²) in [6.07, 6.45) is 1.05. The summed E-state index contributed by atoms with van der Waals surface area (Å²) < 4.78 is 5.62. The molecule has 4 rings (SSSR count). The van der Waals surface area contributed by atoms with Gasteiger partial charge in [-0.25, -0.2) is 4.79 Å². The second-order valence-electron chi connectivity index (χ2n) is 7.72. The lowest BCUT2D eigenvalue weighted by Crippen LogP contribution is -2.37. The number of hydrogen-bond acceptors (Lipinski definition) is 3. The van der Waals surface area contributed by atoms with Crippen LogP contribution >= 0.6 is 0 Å². The Morgan fingerprint density at radius 2 is 1.85 bits per heavy atom. The lowest BCUT2D eigenvalue weighted by Gasteiger charge is -2.31. The van der Waals surface area contributed by atoms with Crippen molar-refractivity contribution in [3.05, 3.63) is 71.5 Å². The first-order chi connectivity index (χ1) is 12.5. The minimum absolute atomic E-state index is 0.00530. The summed E-state index contributed by atoms with van der Waals surface area (Å²) in [4.78, 5) is 14.1. The maximum Gasteiger partial charge on any atom is 0.372 e. The van der Waals surface area contributed by atoms with Crippen LogP contribution in [0.25, 0.3) is 11.0 Å².